The molecule has 0 aliphatic heterocycles. The summed E-state index contributed by atoms with van der Waals surface area (Å²) >= 11 is 0. The second-order valence-electron chi connectivity index (χ2n) is 3.08. The first-order valence-electron chi connectivity index (χ1n) is 4.84. The molecule has 0 amide bonds. The van der Waals surface area contributed by atoms with Crippen molar-refractivity contribution in [3.05, 3.63) is 17.7 Å². The van der Waals surface area contributed by atoms with Crippen molar-refractivity contribution in [3.8, 4) is 23.0 Å². The highest BCUT2D eigenvalue weighted by Crippen LogP contribution is 2.46. The molecule has 16 heavy (non-hydrogen) atoms. The first-order chi connectivity index (χ1) is 7.69. The van der Waals surface area contributed by atoms with Crippen LogP contribution in [0.4, 0.5) is 0 Å². The highest BCUT2D eigenvalue weighted by molar-refractivity contribution is 5.70. The standard InChI is InChI=1S/C12H16O4/c1-5-6-8-7-9(14-2)11(15-3)12(16-4)10(8)13/h5-7,13H,1-4H3/b6-5+. The molecule has 88 valence electrons. The van der Waals surface area contributed by atoms with Gasteiger partial charge in [0.25, 0.3) is 0 Å². The average molecular weight is 224 g/mol. The van der Waals surface area contributed by atoms with E-state index in [9.17, 15) is 5.11 Å². The van der Waals surface area contributed by atoms with Crippen molar-refractivity contribution >= 4 is 6.08 Å². The average Bonchev–Trinajstić information content (AvgIpc) is 2.31. The number of rotatable bonds is 4. The molecule has 0 fully saturated rings. The number of phenolic OH excluding ortho intramolecular Hbond substituents is 1. The second-order valence-corrected chi connectivity index (χ2v) is 3.08. The lowest BCUT2D eigenvalue weighted by Crippen LogP contribution is -1.96. The topological polar surface area (TPSA) is 47.9 Å². The molecule has 0 aromatic heterocycles. The summed E-state index contributed by atoms with van der Waals surface area (Å²) in [5, 5.41) is 9.94. The normalized spacial score (nSPS) is 10.5. The smallest absolute Gasteiger partial charge is 0.207 e. The van der Waals surface area contributed by atoms with Gasteiger partial charge in [-0.3, -0.25) is 0 Å². The monoisotopic (exact) mass is 224 g/mol. The number of phenols is 1. The second kappa shape index (κ2) is 5.30. The van der Waals surface area contributed by atoms with Crippen molar-refractivity contribution in [2.24, 2.45) is 0 Å². The van der Waals surface area contributed by atoms with Crippen molar-refractivity contribution in [2.45, 2.75) is 6.92 Å². The summed E-state index contributed by atoms with van der Waals surface area (Å²) in [7, 11) is 4.50. The predicted molar refractivity (Wildman–Crippen MR) is 62.5 cm³/mol. The molecule has 0 spiro atoms. The van der Waals surface area contributed by atoms with Crippen LogP contribution in [0.2, 0.25) is 0 Å². The van der Waals surface area contributed by atoms with Crippen LogP contribution in [0.5, 0.6) is 23.0 Å². The summed E-state index contributed by atoms with van der Waals surface area (Å²) < 4.78 is 15.4. The fourth-order valence-electron chi connectivity index (χ4n) is 1.47. The van der Waals surface area contributed by atoms with Gasteiger partial charge in [-0.1, -0.05) is 12.2 Å². The molecule has 4 heteroatoms. The Morgan fingerprint density at radius 2 is 1.69 bits per heavy atom. The van der Waals surface area contributed by atoms with E-state index in [0.29, 0.717) is 17.1 Å². The van der Waals surface area contributed by atoms with E-state index in [1.165, 1.54) is 21.3 Å². The third-order valence-electron chi connectivity index (χ3n) is 2.18. The van der Waals surface area contributed by atoms with Gasteiger partial charge in [-0.05, 0) is 13.0 Å². The molecular formula is C12H16O4. The Balaban J connectivity index is 3.47. The summed E-state index contributed by atoms with van der Waals surface area (Å²) in [6, 6.07) is 1.69. The Kier molecular flexibility index (Phi) is 4.05. The zero-order valence-corrected chi connectivity index (χ0v) is 9.90. The molecule has 1 aromatic carbocycles. The third-order valence-corrected chi connectivity index (χ3v) is 2.18. The van der Waals surface area contributed by atoms with Crippen LogP contribution in [0, 0.1) is 0 Å². The Hall–Kier alpha value is -1.84. The van der Waals surface area contributed by atoms with Crippen LogP contribution < -0.4 is 14.2 Å². The van der Waals surface area contributed by atoms with Crippen molar-refractivity contribution in [1.29, 1.82) is 0 Å². The Bertz CT molecular complexity index is 396. The van der Waals surface area contributed by atoms with E-state index in [0.717, 1.165) is 0 Å². The molecule has 1 N–H and O–H groups in total. The van der Waals surface area contributed by atoms with Gasteiger partial charge in [0.1, 0.15) is 0 Å². The van der Waals surface area contributed by atoms with Crippen LogP contribution in [0.1, 0.15) is 12.5 Å². The van der Waals surface area contributed by atoms with E-state index in [1.807, 2.05) is 13.0 Å². The van der Waals surface area contributed by atoms with E-state index in [4.69, 9.17) is 14.2 Å². The van der Waals surface area contributed by atoms with Crippen molar-refractivity contribution in [3.63, 3.8) is 0 Å². The minimum Gasteiger partial charge on any atom is -0.504 e. The zero-order chi connectivity index (χ0) is 12.1. The number of aromatic hydroxyl groups is 1. The third kappa shape index (κ3) is 2.05. The minimum absolute atomic E-state index is 0.0400. The Morgan fingerprint density at radius 1 is 1.06 bits per heavy atom. The molecule has 0 aliphatic rings. The van der Waals surface area contributed by atoms with Crippen LogP contribution >= 0.6 is 0 Å². The van der Waals surface area contributed by atoms with Gasteiger partial charge in [-0.15, -0.1) is 0 Å². The SMILES string of the molecule is C/C=C/c1cc(OC)c(OC)c(OC)c1O. The lowest BCUT2D eigenvalue weighted by atomic mass is 10.1. The fourth-order valence-corrected chi connectivity index (χ4v) is 1.47. The molecule has 0 atom stereocenters. The zero-order valence-electron chi connectivity index (χ0n) is 9.90. The number of ether oxygens (including phenoxy) is 3. The van der Waals surface area contributed by atoms with E-state index in [-0.39, 0.29) is 11.5 Å². The fraction of sp³-hybridized carbons (Fsp3) is 0.333. The quantitative estimate of drug-likeness (QED) is 0.853. The number of methoxy groups -OCH3 is 3. The number of benzene rings is 1. The van der Waals surface area contributed by atoms with E-state index >= 15 is 0 Å². The van der Waals surface area contributed by atoms with Crippen LogP contribution in [0.3, 0.4) is 0 Å². The van der Waals surface area contributed by atoms with E-state index < -0.39 is 0 Å². The molecular weight excluding hydrogens is 208 g/mol. The maximum atomic E-state index is 9.94. The summed E-state index contributed by atoms with van der Waals surface area (Å²) in [6.07, 6.45) is 3.58. The summed E-state index contributed by atoms with van der Waals surface area (Å²) in [5.41, 5.74) is 0.622. The van der Waals surface area contributed by atoms with E-state index in [2.05, 4.69) is 0 Å². The molecule has 0 bridgehead atoms. The number of allylic oxidation sites excluding steroid dienone is 1. The maximum Gasteiger partial charge on any atom is 0.207 e. The van der Waals surface area contributed by atoms with Gasteiger partial charge in [0.05, 0.1) is 21.3 Å². The summed E-state index contributed by atoms with van der Waals surface area (Å²) in [6.45, 7) is 1.86. The van der Waals surface area contributed by atoms with E-state index in [1.54, 1.807) is 12.1 Å². The Labute approximate surface area is 95.1 Å². The van der Waals surface area contributed by atoms with Gasteiger partial charge in [-0.2, -0.15) is 0 Å². The van der Waals surface area contributed by atoms with Gasteiger partial charge >= 0.3 is 0 Å². The number of hydrogen-bond acceptors (Lipinski definition) is 4. The van der Waals surface area contributed by atoms with Crippen LogP contribution in [0.25, 0.3) is 6.08 Å². The van der Waals surface area contributed by atoms with Gasteiger partial charge in [-0.25, -0.2) is 0 Å². The molecule has 0 radical (unpaired) electrons. The highest BCUT2D eigenvalue weighted by Gasteiger charge is 2.18. The van der Waals surface area contributed by atoms with Crippen LogP contribution in [0.15, 0.2) is 12.1 Å². The number of hydrogen-bond donors (Lipinski definition) is 1. The van der Waals surface area contributed by atoms with Crippen molar-refractivity contribution < 1.29 is 19.3 Å². The van der Waals surface area contributed by atoms with Gasteiger partial charge in [0, 0.05) is 5.56 Å². The molecule has 0 saturated heterocycles. The largest absolute Gasteiger partial charge is 0.504 e. The summed E-state index contributed by atoms with van der Waals surface area (Å²) in [4.78, 5) is 0. The molecule has 1 aromatic rings. The van der Waals surface area contributed by atoms with Crippen molar-refractivity contribution in [1.82, 2.24) is 0 Å². The highest BCUT2D eigenvalue weighted by atomic mass is 16.5. The lowest BCUT2D eigenvalue weighted by molar-refractivity contribution is 0.310. The minimum atomic E-state index is 0.0400. The predicted octanol–water partition coefficient (Wildman–Crippen LogP) is 2.45. The van der Waals surface area contributed by atoms with Crippen LogP contribution in [-0.2, 0) is 0 Å². The van der Waals surface area contributed by atoms with Gasteiger partial charge in [0.15, 0.2) is 11.5 Å². The molecule has 0 heterocycles. The van der Waals surface area contributed by atoms with Crippen LogP contribution in [-0.4, -0.2) is 26.4 Å². The van der Waals surface area contributed by atoms with Gasteiger partial charge < -0.3 is 19.3 Å². The Morgan fingerprint density at radius 3 is 2.12 bits per heavy atom. The maximum absolute atomic E-state index is 9.94. The molecule has 1 rings (SSSR count). The first-order valence-corrected chi connectivity index (χ1v) is 4.84. The molecule has 0 aliphatic carbocycles. The van der Waals surface area contributed by atoms with Crippen molar-refractivity contribution in [2.75, 3.05) is 21.3 Å². The molecule has 0 unspecified atom stereocenters. The summed E-state index contributed by atoms with van der Waals surface area (Å²) in [5.74, 6) is 1.22. The van der Waals surface area contributed by atoms with Gasteiger partial charge in [0.2, 0.25) is 11.5 Å². The first kappa shape index (κ1) is 12.2. The lowest BCUT2D eigenvalue weighted by Gasteiger charge is -2.14. The molecule has 0 saturated carbocycles. The molecule has 4 nitrogen and oxygen atoms in total.